The Kier molecular flexibility index (Phi) is 4.17. The Morgan fingerprint density at radius 1 is 1.14 bits per heavy atom. The molecule has 4 heteroatoms. The monoisotopic (exact) mass is 281 g/mol. The fourth-order valence-corrected chi connectivity index (χ4v) is 2.31. The molecule has 0 aliphatic heterocycles. The minimum absolute atomic E-state index is 0.00934. The fourth-order valence-electron chi connectivity index (χ4n) is 2.31. The van der Waals surface area contributed by atoms with Crippen molar-refractivity contribution >= 4 is 0 Å². The summed E-state index contributed by atoms with van der Waals surface area (Å²) in [7, 11) is 0. The zero-order chi connectivity index (χ0) is 14.5. The van der Waals surface area contributed by atoms with Gasteiger partial charge in [-0.3, -0.25) is 0 Å². The second kappa shape index (κ2) is 6.41. The van der Waals surface area contributed by atoms with E-state index in [0.29, 0.717) is 0 Å². The van der Waals surface area contributed by atoms with E-state index in [1.807, 2.05) is 59.4 Å². The van der Waals surface area contributed by atoms with E-state index in [0.717, 1.165) is 30.1 Å². The van der Waals surface area contributed by atoms with Crippen molar-refractivity contribution in [3.63, 3.8) is 0 Å². The van der Waals surface area contributed by atoms with Crippen molar-refractivity contribution in [1.82, 2.24) is 15.1 Å². The fraction of sp³-hybridized carbons (Fsp3) is 0.235. The number of hydrogen-bond acceptors (Lipinski definition) is 3. The molecule has 3 aromatic rings. The average molecular weight is 281 g/mol. The third-order valence-corrected chi connectivity index (χ3v) is 3.35. The van der Waals surface area contributed by atoms with Gasteiger partial charge in [-0.15, -0.1) is 0 Å². The topological polar surface area (TPSA) is 43.0 Å². The lowest BCUT2D eigenvalue weighted by atomic mass is 10.1. The Morgan fingerprint density at radius 2 is 2.00 bits per heavy atom. The molecule has 0 aliphatic carbocycles. The number of hydrogen-bond donors (Lipinski definition) is 1. The molecule has 0 spiro atoms. The normalized spacial score (nSPS) is 12.4. The van der Waals surface area contributed by atoms with E-state index in [1.165, 1.54) is 0 Å². The van der Waals surface area contributed by atoms with E-state index in [2.05, 4.69) is 17.3 Å². The van der Waals surface area contributed by atoms with Gasteiger partial charge in [-0.05, 0) is 43.3 Å². The highest BCUT2D eigenvalue weighted by molar-refractivity contribution is 5.31. The molecule has 2 aromatic heterocycles. The maximum Gasteiger partial charge on any atom is 0.126 e. The second-order valence-corrected chi connectivity index (χ2v) is 4.92. The van der Waals surface area contributed by atoms with Crippen LogP contribution >= 0.6 is 0 Å². The van der Waals surface area contributed by atoms with Crippen molar-refractivity contribution in [2.75, 3.05) is 6.54 Å². The number of nitrogens with zero attached hydrogens (tertiary/aromatic N) is 2. The van der Waals surface area contributed by atoms with Gasteiger partial charge in [-0.2, -0.15) is 5.10 Å². The average Bonchev–Trinajstić information content (AvgIpc) is 3.21. The van der Waals surface area contributed by atoms with Crippen LogP contribution in [0.1, 0.15) is 30.8 Å². The summed E-state index contributed by atoms with van der Waals surface area (Å²) in [4.78, 5) is 0. The van der Waals surface area contributed by atoms with Crippen LogP contribution in [0.2, 0.25) is 0 Å². The molecule has 0 saturated heterocycles. The van der Waals surface area contributed by atoms with E-state index in [4.69, 9.17) is 4.42 Å². The van der Waals surface area contributed by atoms with Crippen molar-refractivity contribution in [3.05, 3.63) is 72.4 Å². The highest BCUT2D eigenvalue weighted by Gasteiger charge is 2.18. The Hall–Kier alpha value is -2.33. The Balaban J connectivity index is 1.88. The van der Waals surface area contributed by atoms with Gasteiger partial charge in [0, 0.05) is 6.20 Å². The van der Waals surface area contributed by atoms with Crippen LogP contribution in [-0.4, -0.2) is 16.3 Å². The second-order valence-electron chi connectivity index (χ2n) is 4.92. The summed E-state index contributed by atoms with van der Waals surface area (Å²) in [5, 5.41) is 8.17. The van der Waals surface area contributed by atoms with Crippen molar-refractivity contribution in [2.45, 2.75) is 19.4 Å². The largest absolute Gasteiger partial charge is 0.467 e. The van der Waals surface area contributed by atoms with Gasteiger partial charge in [0.1, 0.15) is 11.8 Å². The van der Waals surface area contributed by atoms with Gasteiger partial charge in [-0.25, -0.2) is 4.68 Å². The minimum atomic E-state index is -0.00934. The summed E-state index contributed by atoms with van der Waals surface area (Å²) >= 11 is 0. The maximum absolute atomic E-state index is 5.55. The molecule has 21 heavy (non-hydrogen) atoms. The van der Waals surface area contributed by atoms with E-state index in [9.17, 15) is 0 Å². The smallest absolute Gasteiger partial charge is 0.126 e. The van der Waals surface area contributed by atoms with Crippen LogP contribution in [0.5, 0.6) is 0 Å². The summed E-state index contributed by atoms with van der Waals surface area (Å²) < 4.78 is 7.44. The molecule has 1 aromatic carbocycles. The number of nitrogens with one attached hydrogen (secondary N) is 1. The number of rotatable bonds is 6. The molecule has 1 N–H and O–H groups in total. The molecule has 4 nitrogen and oxygen atoms in total. The van der Waals surface area contributed by atoms with Gasteiger partial charge >= 0.3 is 0 Å². The van der Waals surface area contributed by atoms with Crippen LogP contribution < -0.4 is 5.32 Å². The standard InChI is InChI=1S/C17H19N3O/c1-2-11-18-17(16-9-6-13-21-16)15-10-12-20(19-15)14-7-4-3-5-8-14/h3-10,12-13,17-18H,2,11H2,1H3. The molecule has 0 amide bonds. The summed E-state index contributed by atoms with van der Waals surface area (Å²) in [5.41, 5.74) is 2.01. The Bertz CT molecular complexity index is 658. The van der Waals surface area contributed by atoms with Crippen molar-refractivity contribution in [3.8, 4) is 5.69 Å². The van der Waals surface area contributed by atoms with Crippen molar-refractivity contribution in [1.29, 1.82) is 0 Å². The zero-order valence-corrected chi connectivity index (χ0v) is 12.1. The minimum Gasteiger partial charge on any atom is -0.467 e. The third kappa shape index (κ3) is 3.06. The van der Waals surface area contributed by atoms with Crippen LogP contribution in [0.4, 0.5) is 0 Å². The SMILES string of the molecule is CCCNC(c1ccn(-c2ccccc2)n1)c1ccco1. The highest BCUT2D eigenvalue weighted by atomic mass is 16.3. The Labute approximate surface area is 124 Å². The zero-order valence-electron chi connectivity index (χ0n) is 12.1. The van der Waals surface area contributed by atoms with Crippen LogP contribution in [0, 0.1) is 0 Å². The summed E-state index contributed by atoms with van der Waals surface area (Å²) in [6, 6.07) is 16.0. The van der Waals surface area contributed by atoms with Gasteiger partial charge in [0.15, 0.2) is 0 Å². The van der Waals surface area contributed by atoms with Gasteiger partial charge in [0.2, 0.25) is 0 Å². The first kappa shape index (κ1) is 13.6. The van der Waals surface area contributed by atoms with Gasteiger partial charge < -0.3 is 9.73 Å². The number of aromatic nitrogens is 2. The predicted molar refractivity (Wildman–Crippen MR) is 82.4 cm³/mol. The summed E-state index contributed by atoms with van der Waals surface area (Å²) in [5.74, 6) is 0.891. The van der Waals surface area contributed by atoms with Gasteiger partial charge in [0.05, 0.1) is 17.6 Å². The quantitative estimate of drug-likeness (QED) is 0.751. The predicted octanol–water partition coefficient (Wildman–Crippen LogP) is 3.55. The lowest BCUT2D eigenvalue weighted by molar-refractivity contribution is 0.440. The Morgan fingerprint density at radius 3 is 2.71 bits per heavy atom. The molecule has 0 saturated carbocycles. The summed E-state index contributed by atoms with van der Waals surface area (Å²) in [6.07, 6.45) is 4.75. The van der Waals surface area contributed by atoms with Crippen LogP contribution in [0.15, 0.2) is 65.4 Å². The van der Waals surface area contributed by atoms with Gasteiger partial charge in [-0.1, -0.05) is 25.1 Å². The first-order valence-electron chi connectivity index (χ1n) is 7.26. The van der Waals surface area contributed by atoms with E-state index < -0.39 is 0 Å². The lowest BCUT2D eigenvalue weighted by Crippen LogP contribution is -2.23. The first-order valence-corrected chi connectivity index (χ1v) is 7.26. The molecule has 1 unspecified atom stereocenters. The number of benzene rings is 1. The first-order chi connectivity index (χ1) is 10.4. The molecule has 1 atom stereocenters. The molecule has 3 rings (SSSR count). The van der Waals surface area contributed by atoms with Crippen LogP contribution in [0.3, 0.4) is 0 Å². The van der Waals surface area contributed by atoms with E-state index in [1.54, 1.807) is 6.26 Å². The molecule has 0 radical (unpaired) electrons. The van der Waals surface area contributed by atoms with E-state index >= 15 is 0 Å². The number of para-hydroxylation sites is 1. The van der Waals surface area contributed by atoms with Crippen LogP contribution in [0.25, 0.3) is 5.69 Å². The van der Waals surface area contributed by atoms with Crippen LogP contribution in [-0.2, 0) is 0 Å². The third-order valence-electron chi connectivity index (χ3n) is 3.35. The van der Waals surface area contributed by atoms with Gasteiger partial charge in [0.25, 0.3) is 0 Å². The van der Waals surface area contributed by atoms with Crippen molar-refractivity contribution in [2.24, 2.45) is 0 Å². The maximum atomic E-state index is 5.55. The van der Waals surface area contributed by atoms with E-state index in [-0.39, 0.29) is 6.04 Å². The number of furan rings is 1. The molecule has 0 bridgehead atoms. The molecule has 0 aliphatic rings. The molecular formula is C17H19N3O. The highest BCUT2D eigenvalue weighted by Crippen LogP contribution is 2.21. The molecule has 0 fully saturated rings. The summed E-state index contributed by atoms with van der Waals surface area (Å²) in [6.45, 7) is 3.07. The molecule has 2 heterocycles. The molecule has 108 valence electrons. The lowest BCUT2D eigenvalue weighted by Gasteiger charge is -2.13. The molecular weight excluding hydrogens is 262 g/mol. The van der Waals surface area contributed by atoms with Crippen molar-refractivity contribution < 1.29 is 4.42 Å².